The van der Waals surface area contributed by atoms with Crippen LogP contribution in [0.4, 0.5) is 14.5 Å². The molecule has 0 saturated carbocycles. The molecule has 2 aliphatic rings. The number of piperazine rings is 1. The molecular weight excluding hydrogens is 586 g/mol. The van der Waals surface area contributed by atoms with E-state index in [4.69, 9.17) is 10.3 Å². The monoisotopic (exact) mass is 616 g/mol. The Bertz CT molecular complexity index is 1850. The van der Waals surface area contributed by atoms with Gasteiger partial charge in [-0.1, -0.05) is 5.11 Å². The number of aryl methyl sites for hydroxylation is 1. The molecule has 5 rings (SSSR count). The molecule has 44 heavy (non-hydrogen) atoms. The number of carbonyl (C=O) groups is 1. The highest BCUT2D eigenvalue weighted by molar-refractivity contribution is 5.93. The van der Waals surface area contributed by atoms with Crippen LogP contribution in [0.15, 0.2) is 38.0 Å². The maximum atomic E-state index is 15.9. The van der Waals surface area contributed by atoms with Crippen molar-refractivity contribution in [2.24, 2.45) is 5.11 Å². The fourth-order valence-electron chi connectivity index (χ4n) is 5.91. The van der Waals surface area contributed by atoms with E-state index in [-0.39, 0.29) is 67.3 Å². The van der Waals surface area contributed by atoms with Gasteiger partial charge in [-0.25, -0.2) is 18.4 Å². The zero-order valence-electron chi connectivity index (χ0n) is 23.8. The molecule has 2 aliphatic heterocycles. The second-order valence-corrected chi connectivity index (χ2v) is 10.8. The average molecular weight is 617 g/mol. The van der Waals surface area contributed by atoms with E-state index >= 15 is 8.78 Å². The van der Waals surface area contributed by atoms with Crippen LogP contribution in [0.5, 0.6) is 0 Å². The number of fused-ring (bicyclic) bond motifs is 1. The number of aliphatic hydroxyl groups excluding tert-OH is 1. The first-order chi connectivity index (χ1) is 21.0. The highest BCUT2D eigenvalue weighted by Gasteiger charge is 2.36. The van der Waals surface area contributed by atoms with Gasteiger partial charge in [-0.15, -0.1) is 0 Å². The molecule has 3 N–H and O–H groups in total. The molecule has 0 spiro atoms. The number of anilines is 1. The molecule has 2 saturated heterocycles. The molecule has 15 nitrogen and oxygen atoms in total. The lowest BCUT2D eigenvalue weighted by Gasteiger charge is -2.41. The van der Waals surface area contributed by atoms with Crippen LogP contribution in [-0.2, 0) is 17.8 Å². The number of aliphatic hydroxyl groups is 1. The molecule has 0 bridgehead atoms. The first-order valence-electron chi connectivity index (χ1n) is 13.9. The van der Waals surface area contributed by atoms with Crippen molar-refractivity contribution in [1.29, 1.82) is 0 Å². The summed E-state index contributed by atoms with van der Waals surface area (Å²) in [5, 5.41) is 22.2. The van der Waals surface area contributed by atoms with E-state index in [0.717, 1.165) is 12.3 Å². The van der Waals surface area contributed by atoms with E-state index in [0.29, 0.717) is 0 Å². The molecule has 2 fully saturated rings. The van der Waals surface area contributed by atoms with E-state index in [1.54, 1.807) is 6.92 Å². The summed E-state index contributed by atoms with van der Waals surface area (Å²) in [6, 6.07) is -0.155. The summed E-state index contributed by atoms with van der Waals surface area (Å²) in [4.78, 5) is 57.9. The first-order valence-corrected chi connectivity index (χ1v) is 13.9. The average Bonchev–Trinajstić information content (AvgIpc) is 3.38. The molecule has 2 aromatic heterocycles. The Hall–Kier alpha value is -4.57. The third kappa shape index (κ3) is 5.45. The van der Waals surface area contributed by atoms with Crippen LogP contribution in [0.2, 0.25) is 0 Å². The second-order valence-electron chi connectivity index (χ2n) is 10.8. The van der Waals surface area contributed by atoms with Crippen LogP contribution < -0.4 is 21.6 Å². The van der Waals surface area contributed by atoms with Crippen LogP contribution in [-0.4, -0.2) is 79.6 Å². The van der Waals surface area contributed by atoms with Crippen molar-refractivity contribution in [2.75, 3.05) is 31.1 Å². The molecule has 3 aromatic rings. The predicted molar refractivity (Wildman–Crippen MR) is 153 cm³/mol. The molecule has 234 valence electrons. The second kappa shape index (κ2) is 12.2. The van der Waals surface area contributed by atoms with Crippen LogP contribution in [0.25, 0.3) is 21.3 Å². The Morgan fingerprint density at radius 1 is 1.25 bits per heavy atom. The lowest BCUT2D eigenvalue weighted by molar-refractivity contribution is -0.0272. The Morgan fingerprint density at radius 3 is 2.64 bits per heavy atom. The van der Waals surface area contributed by atoms with Gasteiger partial charge < -0.3 is 24.4 Å². The zero-order valence-corrected chi connectivity index (χ0v) is 23.8. The fourth-order valence-corrected chi connectivity index (χ4v) is 5.91. The molecule has 0 aliphatic carbocycles. The highest BCUT2D eigenvalue weighted by atomic mass is 19.1. The molecule has 4 heterocycles. The maximum Gasteiger partial charge on any atom is 0.341 e. The minimum Gasteiger partial charge on any atom is -0.477 e. The number of aromatic amines is 1. The maximum absolute atomic E-state index is 15.9. The molecule has 17 heteroatoms. The topological polar surface area (TPSA) is 199 Å². The standard InChI is InChI=1S/C27H30F2N8O7/c1-3-34-11-16(26(41)42)24(39)15-6-17(28)23(21(29)22(15)34)36-5-4-35(13(2)8-36)9-14-10-37(27(43)31-25(14)40)20-7-18(32-33-30)19(12-38)44-20/h6,10-11,13,18-20,38H,3-5,7-9,12H2,1-2H3,(H,41,42)(H,31,40,43)/t13?,18-,19+,20+/m0/s1. The van der Waals surface area contributed by atoms with Gasteiger partial charge in [-0.2, -0.15) is 0 Å². The summed E-state index contributed by atoms with van der Waals surface area (Å²) in [5.74, 6) is -3.47. The third-order valence-corrected chi connectivity index (χ3v) is 8.19. The lowest BCUT2D eigenvalue weighted by atomic mass is 10.1. The van der Waals surface area contributed by atoms with Crippen molar-refractivity contribution in [3.8, 4) is 0 Å². The number of carboxylic acid groups (broad SMARTS) is 1. The zero-order chi connectivity index (χ0) is 31.9. The lowest BCUT2D eigenvalue weighted by Crippen LogP contribution is -2.52. The fraction of sp³-hybridized carbons (Fsp3) is 0.481. The molecule has 0 radical (unpaired) electrons. The highest BCUT2D eigenvalue weighted by Crippen LogP contribution is 2.32. The number of rotatable bonds is 8. The number of aromatic carboxylic acids is 1. The van der Waals surface area contributed by atoms with Gasteiger partial charge in [0, 0.05) is 68.1 Å². The number of hydrogen-bond acceptors (Lipinski definition) is 9. The normalized spacial score (nSPS) is 22.3. The van der Waals surface area contributed by atoms with Gasteiger partial charge in [0.05, 0.1) is 29.7 Å². The Kier molecular flexibility index (Phi) is 8.56. The smallest absolute Gasteiger partial charge is 0.341 e. The number of hydrogen-bond donors (Lipinski definition) is 3. The predicted octanol–water partition coefficient (Wildman–Crippen LogP) is 1.52. The van der Waals surface area contributed by atoms with Crippen molar-refractivity contribution in [3.63, 3.8) is 0 Å². The van der Waals surface area contributed by atoms with Gasteiger partial charge in [0.2, 0.25) is 5.43 Å². The number of pyridine rings is 1. The summed E-state index contributed by atoms with van der Waals surface area (Å²) in [7, 11) is 0. The van der Waals surface area contributed by atoms with Crippen LogP contribution >= 0.6 is 0 Å². The molecular formula is C27H30F2N8O7. The Labute approximate surface area is 247 Å². The number of nitrogens with zero attached hydrogens (tertiary/aromatic N) is 7. The van der Waals surface area contributed by atoms with Gasteiger partial charge >= 0.3 is 11.7 Å². The van der Waals surface area contributed by atoms with E-state index in [1.807, 2.05) is 11.8 Å². The molecule has 0 amide bonds. The first kappa shape index (κ1) is 30.9. The number of aromatic nitrogens is 3. The summed E-state index contributed by atoms with van der Waals surface area (Å²) in [6.45, 7) is 3.85. The summed E-state index contributed by atoms with van der Waals surface area (Å²) < 4.78 is 39.4. The quantitative estimate of drug-likeness (QED) is 0.191. The number of ether oxygens (including phenoxy) is 1. The summed E-state index contributed by atoms with van der Waals surface area (Å²) in [5.41, 5.74) is 5.57. The van der Waals surface area contributed by atoms with Crippen LogP contribution in [0.3, 0.4) is 0 Å². The number of benzene rings is 1. The van der Waals surface area contributed by atoms with Gasteiger partial charge in [-0.05, 0) is 25.4 Å². The number of azide groups is 1. The third-order valence-electron chi connectivity index (χ3n) is 8.19. The van der Waals surface area contributed by atoms with Crippen molar-refractivity contribution in [3.05, 3.63) is 82.7 Å². The number of nitrogens with one attached hydrogen (secondary N) is 1. The van der Waals surface area contributed by atoms with Crippen molar-refractivity contribution >= 4 is 22.6 Å². The molecule has 4 atom stereocenters. The van der Waals surface area contributed by atoms with Gasteiger partial charge in [-0.3, -0.25) is 24.0 Å². The van der Waals surface area contributed by atoms with E-state index in [1.165, 1.54) is 20.2 Å². The SMILES string of the molecule is CCn1cc(C(=O)O)c(=O)c2cc(F)c(N3CCN(Cc4cn([C@H]5C[C@H](N=[N+]=[N-])[C@@H](CO)O5)c(=O)[nH]c4=O)C(C)C3)c(F)c21. The minimum atomic E-state index is -1.49. The minimum absolute atomic E-state index is 0.0938. The van der Waals surface area contributed by atoms with E-state index in [9.17, 15) is 29.4 Å². The molecule has 1 aromatic carbocycles. The van der Waals surface area contributed by atoms with E-state index in [2.05, 4.69) is 15.0 Å². The number of carboxylic acids is 1. The largest absolute Gasteiger partial charge is 0.477 e. The number of H-pyrrole nitrogens is 1. The molecule has 1 unspecified atom stereocenters. The summed E-state index contributed by atoms with van der Waals surface area (Å²) >= 11 is 0. The Balaban J connectivity index is 1.40. The number of halogens is 2. The Morgan fingerprint density at radius 2 is 2.00 bits per heavy atom. The van der Waals surface area contributed by atoms with Crippen LogP contribution in [0.1, 0.15) is 42.4 Å². The van der Waals surface area contributed by atoms with Gasteiger partial charge in [0.1, 0.15) is 23.3 Å². The van der Waals surface area contributed by atoms with E-state index < -0.39 is 64.8 Å². The summed E-state index contributed by atoms with van der Waals surface area (Å²) in [6.07, 6.45) is 0.824. The van der Waals surface area contributed by atoms with Gasteiger partial charge in [0.15, 0.2) is 5.82 Å². The van der Waals surface area contributed by atoms with Crippen molar-refractivity contribution < 1.29 is 28.5 Å². The van der Waals surface area contributed by atoms with Crippen LogP contribution in [0, 0.1) is 11.6 Å². The van der Waals surface area contributed by atoms with Crippen molar-refractivity contribution in [1.82, 2.24) is 19.0 Å². The van der Waals surface area contributed by atoms with Gasteiger partial charge in [0.25, 0.3) is 5.56 Å². The van der Waals surface area contributed by atoms with Crippen molar-refractivity contribution in [2.45, 2.75) is 57.8 Å².